The molecular weight excluding hydrogens is 426 g/mol. The fourth-order valence-electron chi connectivity index (χ4n) is 3.69. The molecule has 2 rings (SSSR count). The number of unbranched alkanes of at least 4 members (excludes halogenated alkanes) is 4. The molecule has 2 aromatic rings. The van der Waals surface area contributed by atoms with E-state index >= 15 is 0 Å². The van der Waals surface area contributed by atoms with Gasteiger partial charge in [-0.05, 0) is 67.8 Å². The molecule has 0 unspecified atom stereocenters. The lowest BCUT2D eigenvalue weighted by Gasteiger charge is -2.21. The molecule has 6 nitrogen and oxygen atoms in total. The topological polar surface area (TPSA) is 70.7 Å². The summed E-state index contributed by atoms with van der Waals surface area (Å²) >= 11 is 0. The Balaban J connectivity index is 1.74. The van der Waals surface area contributed by atoms with Gasteiger partial charge in [-0.3, -0.25) is 9.59 Å². The average molecular weight is 468 g/mol. The Morgan fingerprint density at radius 1 is 0.765 bits per heavy atom. The Bertz CT molecular complexity index is 844. The van der Waals surface area contributed by atoms with Gasteiger partial charge in [0.05, 0.1) is 13.2 Å². The minimum absolute atomic E-state index is 0.0527. The summed E-state index contributed by atoms with van der Waals surface area (Å²) in [4.78, 5) is 26.9. The Hall–Kier alpha value is -3.02. The Kier molecular flexibility index (Phi) is 12.6. The highest BCUT2D eigenvalue weighted by Crippen LogP contribution is 2.17. The van der Waals surface area contributed by atoms with Gasteiger partial charge in [-0.2, -0.15) is 0 Å². The first-order valence-electron chi connectivity index (χ1n) is 12.7. The first kappa shape index (κ1) is 27.2. The van der Waals surface area contributed by atoms with Crippen molar-refractivity contribution in [2.45, 2.75) is 65.7 Å². The van der Waals surface area contributed by atoms with Crippen molar-refractivity contribution >= 4 is 23.2 Å². The summed E-state index contributed by atoms with van der Waals surface area (Å²) in [6, 6.07) is 14.8. The predicted molar refractivity (Wildman–Crippen MR) is 141 cm³/mol. The lowest BCUT2D eigenvalue weighted by atomic mass is 10.1. The fraction of sp³-hybridized carbons (Fsp3) is 0.500. The Morgan fingerprint density at radius 3 is 2.00 bits per heavy atom. The summed E-state index contributed by atoms with van der Waals surface area (Å²) in [6.07, 6.45) is 7.93. The molecule has 0 aliphatic heterocycles. The molecule has 0 bridgehead atoms. The number of ether oxygens (including phenoxy) is 1. The Labute approximate surface area is 205 Å². The Morgan fingerprint density at radius 2 is 1.38 bits per heavy atom. The molecule has 0 atom stereocenters. The van der Waals surface area contributed by atoms with E-state index < -0.39 is 0 Å². The smallest absolute Gasteiger partial charge is 0.253 e. The maximum Gasteiger partial charge on any atom is 0.253 e. The summed E-state index contributed by atoms with van der Waals surface area (Å²) in [5.74, 6) is 0.733. The van der Waals surface area contributed by atoms with Crippen LogP contribution in [-0.2, 0) is 4.79 Å². The lowest BCUT2D eigenvalue weighted by Crippen LogP contribution is -2.32. The van der Waals surface area contributed by atoms with E-state index in [1.54, 1.807) is 0 Å². The van der Waals surface area contributed by atoms with E-state index in [2.05, 4.69) is 31.4 Å². The lowest BCUT2D eigenvalue weighted by molar-refractivity contribution is -0.114. The molecule has 0 saturated carbocycles. The number of amides is 2. The second-order valence-electron chi connectivity index (χ2n) is 8.56. The van der Waals surface area contributed by atoms with Crippen LogP contribution in [0.4, 0.5) is 11.4 Å². The molecule has 0 aromatic heterocycles. The zero-order valence-electron chi connectivity index (χ0n) is 21.1. The zero-order valence-corrected chi connectivity index (χ0v) is 21.1. The molecule has 0 saturated heterocycles. The summed E-state index contributed by atoms with van der Waals surface area (Å²) in [6.45, 7) is 8.75. The van der Waals surface area contributed by atoms with Crippen LogP contribution in [0, 0.1) is 0 Å². The van der Waals surface area contributed by atoms with E-state index in [0.717, 1.165) is 56.1 Å². The molecule has 0 spiro atoms. The van der Waals surface area contributed by atoms with Crippen LogP contribution < -0.4 is 15.4 Å². The van der Waals surface area contributed by atoms with Gasteiger partial charge in [-0.1, -0.05) is 46.5 Å². The molecule has 2 aromatic carbocycles. The summed E-state index contributed by atoms with van der Waals surface area (Å²) in [5.41, 5.74) is 2.20. The van der Waals surface area contributed by atoms with Crippen molar-refractivity contribution in [1.29, 1.82) is 0 Å². The van der Waals surface area contributed by atoms with Crippen molar-refractivity contribution < 1.29 is 14.3 Å². The van der Waals surface area contributed by atoms with Crippen molar-refractivity contribution in [2.24, 2.45) is 0 Å². The quantitative estimate of drug-likeness (QED) is 0.282. The van der Waals surface area contributed by atoms with E-state index in [1.165, 1.54) is 25.7 Å². The number of nitrogens with zero attached hydrogens (tertiary/aromatic N) is 1. The summed E-state index contributed by atoms with van der Waals surface area (Å²) in [5, 5.41) is 5.99. The minimum atomic E-state index is -0.137. The molecule has 0 aliphatic carbocycles. The number of benzene rings is 2. The van der Waals surface area contributed by atoms with Crippen molar-refractivity contribution in [3.8, 4) is 5.75 Å². The van der Waals surface area contributed by atoms with Crippen LogP contribution in [0.5, 0.6) is 5.75 Å². The van der Waals surface area contributed by atoms with E-state index in [1.807, 2.05) is 53.4 Å². The highest BCUT2D eigenvalue weighted by Gasteiger charge is 2.14. The van der Waals surface area contributed by atoms with E-state index in [-0.39, 0.29) is 18.4 Å². The van der Waals surface area contributed by atoms with Crippen LogP contribution in [0.3, 0.4) is 0 Å². The van der Waals surface area contributed by atoms with Crippen LogP contribution >= 0.6 is 0 Å². The molecule has 2 amide bonds. The predicted octanol–water partition coefficient (Wildman–Crippen LogP) is 6.35. The van der Waals surface area contributed by atoms with E-state index in [9.17, 15) is 9.59 Å². The number of anilines is 2. The molecule has 2 N–H and O–H groups in total. The first-order chi connectivity index (χ1) is 16.6. The van der Waals surface area contributed by atoms with Crippen molar-refractivity contribution in [1.82, 2.24) is 4.90 Å². The van der Waals surface area contributed by atoms with Crippen molar-refractivity contribution in [3.05, 3.63) is 54.1 Å². The molecule has 34 heavy (non-hydrogen) atoms. The number of rotatable bonds is 16. The van der Waals surface area contributed by atoms with Crippen molar-refractivity contribution in [2.75, 3.05) is 36.9 Å². The van der Waals surface area contributed by atoms with Gasteiger partial charge < -0.3 is 20.3 Å². The molecule has 0 aliphatic rings. The third-order valence-corrected chi connectivity index (χ3v) is 5.51. The fourth-order valence-corrected chi connectivity index (χ4v) is 3.69. The first-order valence-corrected chi connectivity index (χ1v) is 12.7. The van der Waals surface area contributed by atoms with Gasteiger partial charge in [-0.15, -0.1) is 0 Å². The number of hydrogen-bond acceptors (Lipinski definition) is 4. The number of carbonyl (C=O) groups excluding carboxylic acids is 2. The van der Waals surface area contributed by atoms with Crippen LogP contribution in [0.15, 0.2) is 48.5 Å². The summed E-state index contributed by atoms with van der Waals surface area (Å²) in [7, 11) is 0. The van der Waals surface area contributed by atoms with Gasteiger partial charge in [0.15, 0.2) is 0 Å². The van der Waals surface area contributed by atoms with Gasteiger partial charge in [0.1, 0.15) is 5.75 Å². The third-order valence-electron chi connectivity index (χ3n) is 5.51. The molecule has 186 valence electrons. The molecule has 0 radical (unpaired) electrons. The maximum absolute atomic E-state index is 12.7. The number of carbonyl (C=O) groups is 2. The summed E-state index contributed by atoms with van der Waals surface area (Å²) < 4.78 is 5.77. The van der Waals surface area contributed by atoms with Crippen LogP contribution in [0.2, 0.25) is 0 Å². The molecule has 0 fully saturated rings. The second kappa shape index (κ2) is 15.8. The molecular formula is C28H41N3O3. The average Bonchev–Trinajstić information content (AvgIpc) is 2.85. The van der Waals surface area contributed by atoms with Crippen LogP contribution in [0.25, 0.3) is 0 Å². The van der Waals surface area contributed by atoms with Crippen LogP contribution in [0.1, 0.15) is 76.1 Å². The molecule has 6 heteroatoms. The van der Waals surface area contributed by atoms with Gasteiger partial charge in [-0.25, -0.2) is 0 Å². The molecule has 0 heterocycles. The maximum atomic E-state index is 12.7. The number of hydrogen-bond donors (Lipinski definition) is 2. The normalized spacial score (nSPS) is 10.6. The third kappa shape index (κ3) is 9.86. The largest absolute Gasteiger partial charge is 0.494 e. The van der Waals surface area contributed by atoms with Crippen molar-refractivity contribution in [3.63, 3.8) is 0 Å². The van der Waals surface area contributed by atoms with Gasteiger partial charge in [0, 0.05) is 30.0 Å². The van der Waals surface area contributed by atoms with Gasteiger partial charge >= 0.3 is 0 Å². The van der Waals surface area contributed by atoms with E-state index in [0.29, 0.717) is 5.56 Å². The zero-order chi connectivity index (χ0) is 24.6. The number of nitrogens with one attached hydrogen (secondary N) is 2. The minimum Gasteiger partial charge on any atom is -0.494 e. The SMILES string of the molecule is CCCCCCCOc1ccc(NC(=O)CNc2ccc(C(=O)N(CCC)CCC)cc2)cc1. The van der Waals surface area contributed by atoms with Gasteiger partial charge in [0.25, 0.3) is 5.91 Å². The highest BCUT2D eigenvalue weighted by molar-refractivity contribution is 5.95. The van der Waals surface area contributed by atoms with E-state index in [4.69, 9.17) is 4.74 Å². The highest BCUT2D eigenvalue weighted by atomic mass is 16.5. The second-order valence-corrected chi connectivity index (χ2v) is 8.56. The standard InChI is InChI=1S/C28H41N3O3/c1-4-7-8-9-10-21-34-26-17-15-25(16-18-26)30-27(32)22-29-24-13-11-23(12-14-24)28(33)31(19-5-2)20-6-3/h11-18,29H,4-10,19-22H2,1-3H3,(H,30,32). The monoisotopic (exact) mass is 467 g/mol. The van der Waals surface area contributed by atoms with Crippen LogP contribution in [-0.4, -0.2) is 43.0 Å². The van der Waals surface area contributed by atoms with Gasteiger partial charge in [0.2, 0.25) is 5.91 Å².